The van der Waals surface area contributed by atoms with Crippen molar-refractivity contribution in [2.24, 2.45) is 0 Å². The summed E-state index contributed by atoms with van der Waals surface area (Å²) in [7, 11) is 0. The molecule has 2 aromatic carbocycles. The molecule has 2 N–H and O–H groups in total. The first-order valence-corrected chi connectivity index (χ1v) is 7.84. The van der Waals surface area contributed by atoms with Gasteiger partial charge >= 0.3 is 5.97 Å². The minimum Gasteiger partial charge on any atom is -0.478 e. The molecule has 0 bridgehead atoms. The van der Waals surface area contributed by atoms with Crippen LogP contribution in [0.5, 0.6) is 0 Å². The average molecular weight is 295 g/mol. The van der Waals surface area contributed by atoms with Crippen molar-refractivity contribution in [3.8, 4) is 0 Å². The third-order valence-electron chi connectivity index (χ3n) is 4.49. The van der Waals surface area contributed by atoms with Crippen LogP contribution in [0.2, 0.25) is 0 Å². The van der Waals surface area contributed by atoms with Crippen LogP contribution in [0.3, 0.4) is 0 Å². The zero-order valence-corrected chi connectivity index (χ0v) is 12.5. The topological polar surface area (TPSA) is 49.3 Å². The van der Waals surface area contributed by atoms with Crippen molar-refractivity contribution in [2.45, 2.75) is 37.8 Å². The van der Waals surface area contributed by atoms with Crippen molar-refractivity contribution in [3.05, 3.63) is 71.3 Å². The third-order valence-corrected chi connectivity index (χ3v) is 4.49. The van der Waals surface area contributed by atoms with E-state index in [0.717, 1.165) is 12.1 Å². The Labute approximate surface area is 131 Å². The van der Waals surface area contributed by atoms with Gasteiger partial charge in [-0.15, -0.1) is 0 Å². The SMILES string of the molecule is O=C(O)c1cccc(CNC2CCCC2c2ccccc2)c1. The molecule has 22 heavy (non-hydrogen) atoms. The summed E-state index contributed by atoms with van der Waals surface area (Å²) in [5.41, 5.74) is 2.78. The van der Waals surface area contributed by atoms with Crippen LogP contribution in [-0.2, 0) is 6.54 Å². The van der Waals surface area contributed by atoms with E-state index in [1.54, 1.807) is 12.1 Å². The summed E-state index contributed by atoms with van der Waals surface area (Å²) in [6.07, 6.45) is 3.64. The lowest BCUT2D eigenvalue weighted by atomic mass is 9.94. The molecule has 1 fully saturated rings. The summed E-state index contributed by atoms with van der Waals surface area (Å²) < 4.78 is 0. The molecule has 3 nitrogen and oxygen atoms in total. The largest absolute Gasteiger partial charge is 0.478 e. The van der Waals surface area contributed by atoms with Gasteiger partial charge < -0.3 is 10.4 Å². The average Bonchev–Trinajstić information content (AvgIpc) is 3.02. The van der Waals surface area contributed by atoms with E-state index in [2.05, 4.69) is 35.6 Å². The highest BCUT2D eigenvalue weighted by Gasteiger charge is 2.27. The first-order valence-electron chi connectivity index (χ1n) is 7.84. The van der Waals surface area contributed by atoms with E-state index in [-0.39, 0.29) is 0 Å². The molecule has 0 radical (unpaired) electrons. The molecule has 1 aliphatic carbocycles. The van der Waals surface area contributed by atoms with E-state index in [1.165, 1.54) is 24.8 Å². The molecule has 3 heteroatoms. The fourth-order valence-corrected chi connectivity index (χ4v) is 3.37. The Morgan fingerprint density at radius 1 is 1.09 bits per heavy atom. The molecular weight excluding hydrogens is 274 g/mol. The Morgan fingerprint density at radius 2 is 1.91 bits per heavy atom. The van der Waals surface area contributed by atoms with Gasteiger partial charge in [0.05, 0.1) is 5.56 Å². The minimum atomic E-state index is -0.870. The van der Waals surface area contributed by atoms with Gasteiger partial charge in [-0.25, -0.2) is 4.79 Å². The van der Waals surface area contributed by atoms with Gasteiger partial charge in [0, 0.05) is 12.6 Å². The van der Waals surface area contributed by atoms with Crippen molar-refractivity contribution in [1.29, 1.82) is 0 Å². The minimum absolute atomic E-state index is 0.352. The lowest BCUT2D eigenvalue weighted by Gasteiger charge is -2.21. The van der Waals surface area contributed by atoms with Crippen LogP contribution in [0.25, 0.3) is 0 Å². The van der Waals surface area contributed by atoms with E-state index >= 15 is 0 Å². The van der Waals surface area contributed by atoms with Crippen molar-refractivity contribution in [1.82, 2.24) is 5.32 Å². The van der Waals surface area contributed by atoms with E-state index in [0.29, 0.717) is 17.5 Å². The Balaban J connectivity index is 1.66. The molecule has 1 saturated carbocycles. The molecule has 2 unspecified atom stereocenters. The number of nitrogens with one attached hydrogen (secondary N) is 1. The highest BCUT2D eigenvalue weighted by molar-refractivity contribution is 5.87. The molecule has 3 rings (SSSR count). The van der Waals surface area contributed by atoms with Crippen molar-refractivity contribution >= 4 is 5.97 Å². The Hall–Kier alpha value is -2.13. The number of aromatic carboxylic acids is 1. The van der Waals surface area contributed by atoms with Gasteiger partial charge in [-0.2, -0.15) is 0 Å². The molecule has 1 aliphatic rings. The lowest BCUT2D eigenvalue weighted by Crippen LogP contribution is -2.30. The van der Waals surface area contributed by atoms with Crippen molar-refractivity contribution < 1.29 is 9.90 Å². The molecule has 0 saturated heterocycles. The number of carboxylic acids is 1. The van der Waals surface area contributed by atoms with Gasteiger partial charge in [0.1, 0.15) is 0 Å². The van der Waals surface area contributed by atoms with Crippen molar-refractivity contribution in [2.75, 3.05) is 0 Å². The van der Waals surface area contributed by atoms with Crippen molar-refractivity contribution in [3.63, 3.8) is 0 Å². The summed E-state index contributed by atoms with van der Waals surface area (Å²) >= 11 is 0. The summed E-state index contributed by atoms with van der Waals surface area (Å²) in [4.78, 5) is 11.0. The van der Waals surface area contributed by atoms with Gasteiger partial charge in [0.25, 0.3) is 0 Å². The van der Waals surface area contributed by atoms with Crippen LogP contribution >= 0.6 is 0 Å². The molecule has 0 amide bonds. The van der Waals surface area contributed by atoms with Crippen LogP contribution < -0.4 is 5.32 Å². The van der Waals surface area contributed by atoms with Gasteiger partial charge in [-0.3, -0.25) is 0 Å². The molecule has 0 aromatic heterocycles. The van der Waals surface area contributed by atoms with E-state index < -0.39 is 5.97 Å². The Morgan fingerprint density at radius 3 is 2.68 bits per heavy atom. The zero-order valence-electron chi connectivity index (χ0n) is 12.5. The molecular formula is C19H21NO2. The molecule has 2 aromatic rings. The number of rotatable bonds is 5. The first-order chi connectivity index (χ1) is 10.7. The van der Waals surface area contributed by atoms with Gasteiger partial charge in [0.15, 0.2) is 0 Å². The second-order valence-corrected chi connectivity index (χ2v) is 5.94. The van der Waals surface area contributed by atoms with Gasteiger partial charge in [-0.05, 0) is 42.0 Å². The predicted molar refractivity (Wildman–Crippen MR) is 87.1 cm³/mol. The number of carboxylic acid groups (broad SMARTS) is 1. The molecule has 0 heterocycles. The number of hydrogen-bond donors (Lipinski definition) is 2. The van der Waals surface area contributed by atoms with Gasteiger partial charge in [-0.1, -0.05) is 48.9 Å². The quantitative estimate of drug-likeness (QED) is 0.882. The van der Waals surface area contributed by atoms with Crippen LogP contribution in [-0.4, -0.2) is 17.1 Å². The Bertz CT molecular complexity index is 639. The van der Waals surface area contributed by atoms with E-state index in [4.69, 9.17) is 5.11 Å². The molecule has 114 valence electrons. The van der Waals surface area contributed by atoms with E-state index in [1.807, 2.05) is 12.1 Å². The summed E-state index contributed by atoms with van der Waals surface area (Å²) in [6, 6.07) is 18.3. The first kappa shape index (κ1) is 14.8. The monoisotopic (exact) mass is 295 g/mol. The fourth-order valence-electron chi connectivity index (χ4n) is 3.37. The predicted octanol–water partition coefficient (Wildman–Crippen LogP) is 3.81. The molecule has 0 spiro atoms. The maximum atomic E-state index is 11.0. The van der Waals surface area contributed by atoms with Crippen LogP contribution in [0.4, 0.5) is 0 Å². The number of benzene rings is 2. The number of hydrogen-bond acceptors (Lipinski definition) is 2. The molecule has 2 atom stereocenters. The summed E-state index contributed by atoms with van der Waals surface area (Å²) in [6.45, 7) is 0.717. The Kier molecular flexibility index (Phi) is 4.54. The van der Waals surface area contributed by atoms with Crippen LogP contribution in [0.15, 0.2) is 54.6 Å². The normalized spacial score (nSPS) is 20.9. The maximum absolute atomic E-state index is 11.0. The summed E-state index contributed by atoms with van der Waals surface area (Å²) in [5, 5.41) is 12.7. The highest BCUT2D eigenvalue weighted by atomic mass is 16.4. The molecule has 0 aliphatic heterocycles. The standard InChI is InChI=1S/C19H21NO2/c21-19(22)16-9-4-6-14(12-16)13-20-18-11-5-10-17(18)15-7-2-1-3-8-15/h1-4,6-9,12,17-18,20H,5,10-11,13H2,(H,21,22). The number of carbonyl (C=O) groups is 1. The smallest absolute Gasteiger partial charge is 0.335 e. The second-order valence-electron chi connectivity index (χ2n) is 5.94. The summed E-state index contributed by atoms with van der Waals surface area (Å²) in [5.74, 6) is -0.311. The lowest BCUT2D eigenvalue weighted by molar-refractivity contribution is 0.0696. The van der Waals surface area contributed by atoms with Gasteiger partial charge in [0.2, 0.25) is 0 Å². The highest BCUT2D eigenvalue weighted by Crippen LogP contribution is 2.34. The maximum Gasteiger partial charge on any atom is 0.335 e. The third kappa shape index (κ3) is 3.37. The fraction of sp³-hybridized carbons (Fsp3) is 0.316. The zero-order chi connectivity index (χ0) is 15.4. The second kappa shape index (κ2) is 6.75. The van der Waals surface area contributed by atoms with Crippen LogP contribution in [0, 0.1) is 0 Å². The van der Waals surface area contributed by atoms with Crippen LogP contribution in [0.1, 0.15) is 46.7 Å². The van der Waals surface area contributed by atoms with E-state index in [9.17, 15) is 4.79 Å².